The molecule has 0 spiro atoms. The Morgan fingerprint density at radius 3 is 2.43 bits per heavy atom. The van der Waals surface area contributed by atoms with Crippen LogP contribution in [0.15, 0.2) is 0 Å². The molecular weight excluding hydrogens is 314 g/mol. The van der Waals surface area contributed by atoms with Crippen LogP contribution in [0.25, 0.3) is 0 Å². The lowest BCUT2D eigenvalue weighted by molar-refractivity contribution is -0.135. The van der Waals surface area contributed by atoms with E-state index >= 15 is 0 Å². The number of nitrogens with two attached hydrogens (primary N) is 1. The van der Waals surface area contributed by atoms with E-state index in [9.17, 15) is 9.59 Å². The second-order valence-corrected chi connectivity index (χ2v) is 7.61. The van der Waals surface area contributed by atoms with Crippen molar-refractivity contribution in [2.24, 2.45) is 17.6 Å². The molecule has 3 N–H and O–H groups in total. The van der Waals surface area contributed by atoms with Crippen LogP contribution in [0.3, 0.4) is 0 Å². The van der Waals surface area contributed by atoms with E-state index in [0.717, 1.165) is 51.4 Å². The summed E-state index contributed by atoms with van der Waals surface area (Å²) in [7, 11) is 3.60. The van der Waals surface area contributed by atoms with E-state index in [0.29, 0.717) is 0 Å². The van der Waals surface area contributed by atoms with Gasteiger partial charge >= 0.3 is 0 Å². The number of carbonyl (C=O) groups excluding carboxylic acids is 2. The smallest absolute Gasteiger partial charge is 0.225 e. The minimum Gasteiger partial charge on any atom is -0.353 e. The van der Waals surface area contributed by atoms with Crippen molar-refractivity contribution in [1.82, 2.24) is 10.2 Å². The molecule has 0 radical (unpaired) electrons. The Labute approximate surface area is 146 Å². The average molecular weight is 346 g/mol. The molecule has 23 heavy (non-hydrogen) atoms. The summed E-state index contributed by atoms with van der Waals surface area (Å²) in [6.45, 7) is 2.00. The van der Waals surface area contributed by atoms with Crippen molar-refractivity contribution in [1.29, 1.82) is 0 Å². The first-order valence-electron chi connectivity index (χ1n) is 8.61. The second kappa shape index (κ2) is 8.34. The molecule has 2 aliphatic carbocycles. The largest absolute Gasteiger partial charge is 0.353 e. The minimum atomic E-state index is -0.393. The van der Waals surface area contributed by atoms with Crippen LogP contribution in [0, 0.1) is 11.8 Å². The molecule has 2 amide bonds. The Hall–Kier alpha value is -0.810. The van der Waals surface area contributed by atoms with E-state index in [1.54, 1.807) is 19.0 Å². The number of halogens is 1. The Balaban J connectivity index is 0.00000264. The van der Waals surface area contributed by atoms with Crippen molar-refractivity contribution in [3.8, 4) is 0 Å². The van der Waals surface area contributed by atoms with Crippen LogP contribution < -0.4 is 11.1 Å². The predicted octanol–water partition coefficient (Wildman–Crippen LogP) is 2.08. The molecule has 0 heterocycles. The molecule has 5 nitrogen and oxygen atoms in total. The Bertz CT molecular complexity index is 426. The van der Waals surface area contributed by atoms with Crippen molar-refractivity contribution in [3.05, 3.63) is 0 Å². The van der Waals surface area contributed by atoms with E-state index in [4.69, 9.17) is 5.73 Å². The highest BCUT2D eigenvalue weighted by atomic mass is 35.5. The lowest BCUT2D eigenvalue weighted by atomic mass is 9.74. The maximum atomic E-state index is 12.6. The third-order valence-electron chi connectivity index (χ3n) is 5.38. The Kier molecular flexibility index (Phi) is 7.33. The van der Waals surface area contributed by atoms with Gasteiger partial charge in [0, 0.05) is 31.6 Å². The summed E-state index contributed by atoms with van der Waals surface area (Å²) in [5.74, 6) is 0.226. The zero-order valence-electron chi connectivity index (χ0n) is 14.6. The normalized spacial score (nSPS) is 34.2. The molecule has 4 atom stereocenters. The minimum absolute atomic E-state index is 0. The van der Waals surface area contributed by atoms with Crippen LogP contribution in [-0.4, -0.2) is 42.4 Å². The summed E-state index contributed by atoms with van der Waals surface area (Å²) < 4.78 is 0. The van der Waals surface area contributed by atoms with Gasteiger partial charge in [-0.05, 0) is 39.0 Å². The summed E-state index contributed by atoms with van der Waals surface area (Å²) in [6.07, 6.45) is 7.65. The van der Waals surface area contributed by atoms with E-state index in [-0.39, 0.29) is 42.1 Å². The molecule has 0 aromatic heterocycles. The number of nitrogens with zero attached hydrogens (tertiary/aromatic N) is 1. The zero-order chi connectivity index (χ0) is 16.3. The molecule has 0 bridgehead atoms. The first-order valence-corrected chi connectivity index (χ1v) is 8.61. The van der Waals surface area contributed by atoms with Crippen LogP contribution in [0.2, 0.25) is 0 Å². The molecule has 0 aliphatic heterocycles. The fourth-order valence-corrected chi connectivity index (χ4v) is 4.00. The van der Waals surface area contributed by atoms with Gasteiger partial charge in [-0.25, -0.2) is 0 Å². The number of nitrogens with one attached hydrogen (secondary N) is 1. The summed E-state index contributed by atoms with van der Waals surface area (Å²) in [6, 6.07) is 0.118. The molecule has 6 heteroatoms. The van der Waals surface area contributed by atoms with Crippen molar-refractivity contribution in [3.63, 3.8) is 0 Å². The molecule has 2 aliphatic rings. The fourth-order valence-electron chi connectivity index (χ4n) is 4.00. The van der Waals surface area contributed by atoms with E-state index in [1.165, 1.54) is 0 Å². The quantitative estimate of drug-likeness (QED) is 0.822. The van der Waals surface area contributed by atoms with Gasteiger partial charge in [0.25, 0.3) is 0 Å². The van der Waals surface area contributed by atoms with Crippen molar-refractivity contribution in [2.75, 3.05) is 14.1 Å². The monoisotopic (exact) mass is 345 g/mol. The topological polar surface area (TPSA) is 75.4 Å². The number of hydrogen-bond donors (Lipinski definition) is 2. The zero-order valence-corrected chi connectivity index (χ0v) is 15.5. The molecular formula is C17H32ClN3O2. The molecule has 2 rings (SSSR count). The summed E-state index contributed by atoms with van der Waals surface area (Å²) >= 11 is 0. The predicted molar refractivity (Wildman–Crippen MR) is 94.4 cm³/mol. The van der Waals surface area contributed by atoms with Gasteiger partial charge in [0.15, 0.2) is 0 Å². The van der Waals surface area contributed by atoms with Gasteiger partial charge in [0.05, 0.1) is 5.92 Å². The third kappa shape index (κ3) is 5.08. The first-order chi connectivity index (χ1) is 10.3. The number of hydrogen-bond acceptors (Lipinski definition) is 3. The molecule has 0 aromatic rings. The van der Waals surface area contributed by atoms with E-state index in [2.05, 4.69) is 5.32 Å². The highest BCUT2D eigenvalue weighted by Gasteiger charge is 2.39. The number of carbonyl (C=O) groups is 2. The molecule has 0 aromatic carbocycles. The van der Waals surface area contributed by atoms with Gasteiger partial charge in [0.1, 0.15) is 0 Å². The fraction of sp³-hybridized carbons (Fsp3) is 0.882. The second-order valence-electron chi connectivity index (χ2n) is 7.61. The van der Waals surface area contributed by atoms with Gasteiger partial charge in [-0.15, -0.1) is 12.4 Å². The lowest BCUT2D eigenvalue weighted by Crippen LogP contribution is -2.55. The van der Waals surface area contributed by atoms with Crippen molar-refractivity contribution < 1.29 is 9.59 Å². The maximum Gasteiger partial charge on any atom is 0.225 e. The van der Waals surface area contributed by atoms with E-state index < -0.39 is 5.54 Å². The van der Waals surface area contributed by atoms with E-state index in [1.807, 2.05) is 6.92 Å². The van der Waals surface area contributed by atoms with Crippen LogP contribution >= 0.6 is 12.4 Å². The Morgan fingerprint density at radius 1 is 1.13 bits per heavy atom. The highest BCUT2D eigenvalue weighted by molar-refractivity contribution is 5.85. The maximum absolute atomic E-state index is 12.6. The number of amides is 2. The van der Waals surface area contributed by atoms with Gasteiger partial charge in [-0.3, -0.25) is 9.59 Å². The molecule has 2 fully saturated rings. The van der Waals surface area contributed by atoms with Gasteiger partial charge in [0.2, 0.25) is 11.8 Å². The number of rotatable bonds is 3. The highest BCUT2D eigenvalue weighted by Crippen LogP contribution is 2.32. The lowest BCUT2D eigenvalue weighted by Gasteiger charge is -2.39. The standard InChI is InChI=1S/C17H31N3O2.ClH/c1-17(18)10-5-4-9-14(17)15(21)19-13-8-6-7-12(11-13)16(22)20(2)3;/h12-14H,4-11,18H2,1-3H3,(H,19,21);1H. The Morgan fingerprint density at radius 2 is 1.83 bits per heavy atom. The van der Waals surface area contributed by atoms with Crippen molar-refractivity contribution in [2.45, 2.75) is 69.9 Å². The molecule has 2 saturated carbocycles. The summed E-state index contributed by atoms with van der Waals surface area (Å²) in [4.78, 5) is 26.4. The summed E-state index contributed by atoms with van der Waals surface area (Å²) in [5, 5.41) is 3.18. The SMILES string of the molecule is CN(C)C(=O)C1CCCC(NC(=O)C2CCCCC2(C)N)C1.Cl. The van der Waals surface area contributed by atoms with Crippen LogP contribution in [0.5, 0.6) is 0 Å². The summed E-state index contributed by atoms with van der Waals surface area (Å²) in [5.41, 5.74) is 5.93. The van der Waals surface area contributed by atoms with Gasteiger partial charge in [-0.1, -0.05) is 19.3 Å². The van der Waals surface area contributed by atoms with Crippen LogP contribution in [-0.2, 0) is 9.59 Å². The van der Waals surface area contributed by atoms with Crippen LogP contribution in [0.4, 0.5) is 0 Å². The third-order valence-corrected chi connectivity index (χ3v) is 5.38. The first kappa shape index (κ1) is 20.2. The average Bonchev–Trinajstić information content (AvgIpc) is 2.46. The van der Waals surface area contributed by atoms with Crippen LogP contribution in [0.1, 0.15) is 58.3 Å². The van der Waals surface area contributed by atoms with Gasteiger partial charge < -0.3 is 16.0 Å². The van der Waals surface area contributed by atoms with Gasteiger partial charge in [-0.2, -0.15) is 0 Å². The molecule has 134 valence electrons. The molecule has 4 unspecified atom stereocenters. The van der Waals surface area contributed by atoms with Crippen molar-refractivity contribution >= 4 is 24.2 Å². The molecule has 0 saturated heterocycles.